The number of fused-ring (bicyclic) bond motifs is 1. The third-order valence-corrected chi connectivity index (χ3v) is 7.04. The monoisotopic (exact) mass is 433 g/mol. The number of anilines is 1. The van der Waals surface area contributed by atoms with Gasteiger partial charge in [-0.05, 0) is 30.2 Å². The minimum absolute atomic E-state index is 0.243. The predicted octanol–water partition coefficient (Wildman–Crippen LogP) is 2.61. The van der Waals surface area contributed by atoms with Crippen molar-refractivity contribution >= 4 is 32.4 Å². The van der Waals surface area contributed by atoms with Crippen LogP contribution in [0.4, 0.5) is 5.13 Å². The number of aryl methyl sites for hydroxylation is 1. The molecule has 0 saturated carbocycles. The van der Waals surface area contributed by atoms with E-state index in [9.17, 15) is 18.3 Å². The van der Waals surface area contributed by atoms with Gasteiger partial charge in [0.1, 0.15) is 5.76 Å². The van der Waals surface area contributed by atoms with Gasteiger partial charge in [-0.3, -0.25) is 4.79 Å². The van der Waals surface area contributed by atoms with Crippen molar-refractivity contribution in [2.75, 3.05) is 5.32 Å². The Kier molecular flexibility index (Phi) is 5.03. The third kappa shape index (κ3) is 3.84. The highest BCUT2D eigenvalue weighted by atomic mass is 32.2. The van der Waals surface area contributed by atoms with Crippen molar-refractivity contribution in [3.63, 3.8) is 0 Å². The number of amides is 1. The molecule has 1 aliphatic carbocycles. The largest absolute Gasteiger partial charge is 0.442 e. The molecule has 2 atom stereocenters. The molecule has 2 aromatic heterocycles. The number of hydrogen-bond acceptors (Lipinski definition) is 7. The highest BCUT2D eigenvalue weighted by Gasteiger charge is 2.35. The molecule has 1 aromatic carbocycles. The molecule has 2 heterocycles. The van der Waals surface area contributed by atoms with Crippen LogP contribution in [0.5, 0.6) is 0 Å². The Balaban J connectivity index is 1.59. The van der Waals surface area contributed by atoms with Gasteiger partial charge in [0, 0.05) is 13.3 Å². The normalized spacial score (nSPS) is 18.6. The second-order valence-corrected chi connectivity index (χ2v) is 9.45. The van der Waals surface area contributed by atoms with Gasteiger partial charge in [0.25, 0.3) is 10.0 Å². The van der Waals surface area contributed by atoms with Crippen LogP contribution in [-0.2, 0) is 21.2 Å². The molecular formula is C19H19N3O5S2. The number of carbonyl (C=O) groups excluding carboxylic acids is 1. The summed E-state index contributed by atoms with van der Waals surface area (Å²) in [7, 11) is -3.99. The van der Waals surface area contributed by atoms with Gasteiger partial charge in [0.2, 0.25) is 11.0 Å². The Labute approximate surface area is 171 Å². The first-order valence-electron chi connectivity index (χ1n) is 8.88. The zero-order valence-electron chi connectivity index (χ0n) is 15.7. The summed E-state index contributed by atoms with van der Waals surface area (Å²) in [6.07, 6.45) is -0.459. The van der Waals surface area contributed by atoms with Crippen LogP contribution < -0.4 is 10.0 Å². The van der Waals surface area contributed by atoms with E-state index in [-0.39, 0.29) is 11.0 Å². The SMILES string of the molecule is CC(=O)Nc1nc(C)c(-c2ccc(S(=O)(=O)N[C@H]3c4ccccc4C[C@H]3O)o2)s1. The number of aliphatic hydroxyl groups excluding tert-OH is 1. The summed E-state index contributed by atoms with van der Waals surface area (Å²) in [5.74, 6) is 0.0944. The number of aromatic nitrogens is 1. The number of carbonyl (C=O) groups is 1. The first-order chi connectivity index (χ1) is 13.7. The molecule has 10 heteroatoms. The molecule has 4 rings (SSSR count). The molecule has 1 aliphatic rings. The highest BCUT2D eigenvalue weighted by molar-refractivity contribution is 7.89. The lowest BCUT2D eigenvalue weighted by Crippen LogP contribution is -2.33. The van der Waals surface area contributed by atoms with E-state index in [0.29, 0.717) is 27.9 Å². The van der Waals surface area contributed by atoms with Crippen molar-refractivity contribution < 1.29 is 22.7 Å². The van der Waals surface area contributed by atoms with Gasteiger partial charge in [-0.15, -0.1) is 0 Å². The Morgan fingerprint density at radius 3 is 2.79 bits per heavy atom. The van der Waals surface area contributed by atoms with Gasteiger partial charge >= 0.3 is 0 Å². The fourth-order valence-electron chi connectivity index (χ4n) is 3.36. The van der Waals surface area contributed by atoms with Crippen LogP contribution >= 0.6 is 11.3 Å². The first-order valence-corrected chi connectivity index (χ1v) is 11.2. The van der Waals surface area contributed by atoms with E-state index in [1.54, 1.807) is 19.1 Å². The molecule has 1 amide bonds. The van der Waals surface area contributed by atoms with Gasteiger partial charge in [0.15, 0.2) is 5.13 Å². The number of hydrogen-bond donors (Lipinski definition) is 3. The van der Waals surface area contributed by atoms with Gasteiger partial charge in [-0.2, -0.15) is 4.72 Å². The van der Waals surface area contributed by atoms with Crippen LogP contribution in [0, 0.1) is 6.92 Å². The summed E-state index contributed by atoms with van der Waals surface area (Å²) >= 11 is 1.20. The molecule has 8 nitrogen and oxygen atoms in total. The number of rotatable bonds is 5. The fourth-order valence-corrected chi connectivity index (χ4v) is 5.51. The van der Waals surface area contributed by atoms with E-state index in [1.807, 2.05) is 18.2 Å². The summed E-state index contributed by atoms with van der Waals surface area (Å²) in [6, 6.07) is 9.51. The fraction of sp³-hybridized carbons (Fsp3) is 0.263. The summed E-state index contributed by atoms with van der Waals surface area (Å²) in [6.45, 7) is 3.13. The van der Waals surface area contributed by atoms with Crippen LogP contribution in [0.2, 0.25) is 0 Å². The minimum Gasteiger partial charge on any atom is -0.442 e. The Morgan fingerprint density at radius 2 is 2.03 bits per heavy atom. The van der Waals surface area contributed by atoms with Crippen molar-refractivity contribution in [3.8, 4) is 10.6 Å². The standard InChI is InChI=1S/C19H19N3O5S2/c1-10-18(28-19(20-10)21-11(2)23)15-7-8-16(27-15)29(25,26)22-17-13-6-4-3-5-12(13)9-14(17)24/h3-8,14,17,22,24H,9H2,1-2H3,(H,20,21,23)/t14-,17+/m1/s1. The van der Waals surface area contributed by atoms with Crippen LogP contribution in [0.1, 0.15) is 29.8 Å². The predicted molar refractivity (Wildman–Crippen MR) is 108 cm³/mol. The maximum atomic E-state index is 12.8. The number of thiazole rings is 1. The van der Waals surface area contributed by atoms with E-state index >= 15 is 0 Å². The molecule has 0 fully saturated rings. The summed E-state index contributed by atoms with van der Waals surface area (Å²) in [4.78, 5) is 16.1. The molecule has 0 radical (unpaired) electrons. The Hall–Kier alpha value is -2.53. The smallest absolute Gasteiger partial charge is 0.274 e. The van der Waals surface area contributed by atoms with E-state index < -0.39 is 22.2 Å². The molecule has 0 aliphatic heterocycles. The number of furan rings is 1. The number of nitrogens with zero attached hydrogens (tertiary/aromatic N) is 1. The summed E-state index contributed by atoms with van der Waals surface area (Å²) in [5, 5.41) is 13.1. The van der Waals surface area contributed by atoms with Crippen LogP contribution in [0.3, 0.4) is 0 Å². The number of aliphatic hydroxyl groups is 1. The van der Waals surface area contributed by atoms with Crippen molar-refractivity contribution in [1.29, 1.82) is 0 Å². The molecule has 3 N–H and O–H groups in total. The minimum atomic E-state index is -3.99. The van der Waals surface area contributed by atoms with Crippen molar-refractivity contribution in [2.45, 2.75) is 37.5 Å². The lowest BCUT2D eigenvalue weighted by atomic mass is 10.1. The van der Waals surface area contributed by atoms with E-state index in [1.165, 1.54) is 24.3 Å². The van der Waals surface area contributed by atoms with Crippen LogP contribution in [0.25, 0.3) is 10.6 Å². The second-order valence-electron chi connectivity index (χ2n) is 6.80. The number of benzene rings is 1. The molecule has 0 bridgehead atoms. The average molecular weight is 434 g/mol. The first kappa shape index (κ1) is 19.8. The number of nitrogens with one attached hydrogen (secondary N) is 2. The van der Waals surface area contributed by atoms with Crippen LogP contribution in [-0.4, -0.2) is 30.5 Å². The second kappa shape index (κ2) is 7.38. The van der Waals surface area contributed by atoms with E-state index in [4.69, 9.17) is 4.42 Å². The van der Waals surface area contributed by atoms with Gasteiger partial charge < -0.3 is 14.8 Å². The quantitative estimate of drug-likeness (QED) is 0.569. The Morgan fingerprint density at radius 1 is 1.28 bits per heavy atom. The van der Waals surface area contributed by atoms with Crippen LogP contribution in [0.15, 0.2) is 45.9 Å². The molecule has 152 valence electrons. The van der Waals surface area contributed by atoms with Crippen molar-refractivity contribution in [1.82, 2.24) is 9.71 Å². The topological polar surface area (TPSA) is 122 Å². The van der Waals surface area contributed by atoms with E-state index in [0.717, 1.165) is 11.1 Å². The third-order valence-electron chi connectivity index (χ3n) is 4.64. The van der Waals surface area contributed by atoms with Crippen molar-refractivity contribution in [2.24, 2.45) is 0 Å². The lowest BCUT2D eigenvalue weighted by molar-refractivity contribution is -0.114. The summed E-state index contributed by atoms with van der Waals surface area (Å²) in [5.41, 5.74) is 2.29. The number of sulfonamides is 1. The van der Waals surface area contributed by atoms with Gasteiger partial charge in [-0.1, -0.05) is 35.6 Å². The van der Waals surface area contributed by atoms with Gasteiger partial charge in [-0.25, -0.2) is 13.4 Å². The lowest BCUT2D eigenvalue weighted by Gasteiger charge is -2.17. The maximum absolute atomic E-state index is 12.8. The summed E-state index contributed by atoms with van der Waals surface area (Å²) < 4.78 is 33.8. The zero-order valence-corrected chi connectivity index (χ0v) is 17.3. The molecule has 0 saturated heterocycles. The Bertz CT molecular complexity index is 1180. The molecule has 3 aromatic rings. The average Bonchev–Trinajstić information content (AvgIpc) is 3.33. The van der Waals surface area contributed by atoms with Crippen molar-refractivity contribution in [3.05, 3.63) is 53.2 Å². The van der Waals surface area contributed by atoms with Gasteiger partial charge in [0.05, 0.1) is 22.7 Å². The zero-order chi connectivity index (χ0) is 20.8. The molecule has 0 spiro atoms. The molecule has 0 unspecified atom stereocenters. The van der Waals surface area contributed by atoms with E-state index in [2.05, 4.69) is 15.0 Å². The maximum Gasteiger partial charge on any atom is 0.274 e. The molecular weight excluding hydrogens is 414 g/mol. The molecule has 29 heavy (non-hydrogen) atoms. The highest BCUT2D eigenvalue weighted by Crippen LogP contribution is 2.36.